The van der Waals surface area contributed by atoms with E-state index in [1.165, 1.54) is 25.7 Å². The second kappa shape index (κ2) is 44.2. The fourth-order valence-electron chi connectivity index (χ4n) is 5.22. The largest absolute Gasteiger partial charge is 0.472 e. The van der Waals surface area contributed by atoms with Crippen molar-refractivity contribution in [1.29, 1.82) is 0 Å². The number of hydrogen-bond acceptors (Lipinski definition) is 13. The van der Waals surface area contributed by atoms with E-state index in [0.29, 0.717) is 19.3 Å². The van der Waals surface area contributed by atoms with Gasteiger partial charge in [-0.15, -0.1) is 0 Å². The van der Waals surface area contributed by atoms with Gasteiger partial charge in [-0.05, 0) is 70.6 Å². The first kappa shape index (κ1) is 62.7. The van der Waals surface area contributed by atoms with Crippen LogP contribution in [0.25, 0.3) is 0 Å². The van der Waals surface area contributed by atoms with Crippen molar-refractivity contribution >= 4 is 27.6 Å². The van der Waals surface area contributed by atoms with E-state index in [9.17, 15) is 43.8 Å². The standard InChI is InChI=1S/C49H80O15P2/c1-3-5-7-9-11-13-15-17-18-19-20-21-22-23-24-26-28-30-32-34-36-38-49(54)60-40-46(51)42-62-66(57,58)64-44-47(52)43-63-65(55,56)61-41-45(50)39-59-48(53)37-35-33-31-29-27-25-16-14-12-10-8-6-4-2/h6,8,10-14,16-18,20-21,23-25,27,29,31,45-47,50-52H,3-5,7,9,15,19,22,26,28,30,32-44H2,1-2H3,(H,55,56)(H,57,58)/b8-6+,12-10+,13-11-,16-14-,18-17-,21-20-,24-23-,27-25-,31-29+. The van der Waals surface area contributed by atoms with Gasteiger partial charge < -0.3 is 34.6 Å². The Labute approximate surface area is 394 Å². The molecule has 0 spiro atoms. The van der Waals surface area contributed by atoms with Crippen molar-refractivity contribution in [2.45, 2.75) is 148 Å². The Balaban J connectivity index is 3.99. The molecule has 0 amide bonds. The van der Waals surface area contributed by atoms with Crippen LogP contribution < -0.4 is 0 Å². The third kappa shape index (κ3) is 45.8. The molecule has 0 aliphatic rings. The number of phosphoric acid groups is 2. The molecule has 5 atom stereocenters. The second-order valence-corrected chi connectivity index (χ2v) is 18.1. The van der Waals surface area contributed by atoms with Crippen LogP contribution in [0, 0.1) is 0 Å². The van der Waals surface area contributed by atoms with E-state index in [1.54, 1.807) is 0 Å². The third-order valence-corrected chi connectivity index (χ3v) is 10.7. The topological polar surface area (TPSA) is 225 Å². The van der Waals surface area contributed by atoms with Crippen LogP contribution in [0.15, 0.2) is 109 Å². The number of allylic oxidation sites excluding steroid dienone is 18. The van der Waals surface area contributed by atoms with Crippen LogP contribution in [0.5, 0.6) is 0 Å². The van der Waals surface area contributed by atoms with E-state index in [2.05, 4.69) is 86.6 Å². The van der Waals surface area contributed by atoms with E-state index in [1.807, 2.05) is 54.7 Å². The van der Waals surface area contributed by atoms with Gasteiger partial charge in [0.15, 0.2) is 0 Å². The molecule has 66 heavy (non-hydrogen) atoms. The maximum atomic E-state index is 12.2. The van der Waals surface area contributed by atoms with Gasteiger partial charge in [0.25, 0.3) is 0 Å². The Kier molecular flexibility index (Phi) is 42.0. The second-order valence-electron chi connectivity index (χ2n) is 15.2. The SMILES string of the molecule is CC/C=C/C=C/C=C\C=C/C=C/CCCC(=O)OCC(O)COP(=O)(O)OCC(O)COP(=O)(O)OCC(O)COC(=O)CCCCCCC/C=C\C/C=C\C/C=C\C/C=C\CCCCC. The summed E-state index contributed by atoms with van der Waals surface area (Å²) in [4.78, 5) is 43.7. The number of rotatable bonds is 43. The monoisotopic (exact) mass is 970 g/mol. The van der Waals surface area contributed by atoms with Gasteiger partial charge in [0.1, 0.15) is 31.5 Å². The van der Waals surface area contributed by atoms with E-state index >= 15 is 0 Å². The molecule has 0 radical (unpaired) electrons. The number of ether oxygens (including phenoxy) is 2. The zero-order chi connectivity index (χ0) is 48.8. The highest BCUT2D eigenvalue weighted by Gasteiger charge is 2.28. The van der Waals surface area contributed by atoms with Crippen molar-refractivity contribution < 1.29 is 71.4 Å². The van der Waals surface area contributed by atoms with Gasteiger partial charge in [-0.3, -0.25) is 27.7 Å². The lowest BCUT2D eigenvalue weighted by Crippen LogP contribution is -2.25. The lowest BCUT2D eigenvalue weighted by atomic mass is 10.1. The van der Waals surface area contributed by atoms with E-state index in [4.69, 9.17) is 9.47 Å². The van der Waals surface area contributed by atoms with Crippen LogP contribution >= 0.6 is 15.6 Å². The Morgan fingerprint density at radius 3 is 1.23 bits per heavy atom. The number of unbranched alkanes of at least 4 members (excludes halogenated alkanes) is 9. The molecule has 376 valence electrons. The van der Waals surface area contributed by atoms with Gasteiger partial charge in [0.2, 0.25) is 0 Å². The van der Waals surface area contributed by atoms with Crippen LogP contribution in [-0.2, 0) is 46.3 Å². The molecule has 0 aliphatic carbocycles. The number of aliphatic hydroxyl groups excluding tert-OH is 3. The van der Waals surface area contributed by atoms with Gasteiger partial charge in [-0.25, -0.2) is 9.13 Å². The van der Waals surface area contributed by atoms with Crippen LogP contribution in [0.4, 0.5) is 0 Å². The summed E-state index contributed by atoms with van der Waals surface area (Å²) in [7, 11) is -9.61. The summed E-state index contributed by atoms with van der Waals surface area (Å²) in [6.45, 7) is 0.0904. The zero-order valence-corrected chi connectivity index (χ0v) is 41.1. The minimum atomic E-state index is -4.81. The average Bonchev–Trinajstić information content (AvgIpc) is 3.29. The van der Waals surface area contributed by atoms with Crippen LogP contribution in [0.3, 0.4) is 0 Å². The van der Waals surface area contributed by atoms with E-state index in [-0.39, 0.29) is 12.8 Å². The van der Waals surface area contributed by atoms with Crippen molar-refractivity contribution in [1.82, 2.24) is 0 Å². The molecule has 0 rings (SSSR count). The predicted molar refractivity (Wildman–Crippen MR) is 260 cm³/mol. The number of phosphoric ester groups is 2. The molecular formula is C49H80O15P2. The number of hydrogen-bond donors (Lipinski definition) is 5. The van der Waals surface area contributed by atoms with Crippen molar-refractivity contribution in [3.05, 3.63) is 109 Å². The molecule has 0 bridgehead atoms. The number of aliphatic hydroxyl groups is 3. The normalized spacial score (nSPS) is 16.0. The van der Waals surface area contributed by atoms with Crippen LogP contribution in [0.2, 0.25) is 0 Å². The molecule has 0 saturated carbocycles. The Hall–Kier alpha value is -3.30. The molecule has 0 aromatic rings. The lowest BCUT2D eigenvalue weighted by molar-refractivity contribution is -0.148. The molecule has 0 fully saturated rings. The van der Waals surface area contributed by atoms with Gasteiger partial charge >= 0.3 is 27.6 Å². The molecule has 17 heteroatoms. The smallest absolute Gasteiger partial charge is 0.463 e. The zero-order valence-electron chi connectivity index (χ0n) is 39.3. The van der Waals surface area contributed by atoms with E-state index < -0.39 is 85.5 Å². The third-order valence-electron chi connectivity index (χ3n) is 8.84. The van der Waals surface area contributed by atoms with Crippen molar-refractivity contribution in [2.75, 3.05) is 39.6 Å². The summed E-state index contributed by atoms with van der Waals surface area (Å²) in [5, 5.41) is 30.0. The highest BCUT2D eigenvalue weighted by Crippen LogP contribution is 2.45. The summed E-state index contributed by atoms with van der Waals surface area (Å²) in [5.74, 6) is -1.09. The molecule has 15 nitrogen and oxygen atoms in total. The lowest BCUT2D eigenvalue weighted by Gasteiger charge is -2.19. The highest BCUT2D eigenvalue weighted by molar-refractivity contribution is 7.47. The average molecular weight is 971 g/mol. The van der Waals surface area contributed by atoms with Crippen LogP contribution in [0.1, 0.15) is 129 Å². The molecule has 0 heterocycles. The number of carbonyl (C=O) groups excluding carboxylic acids is 2. The van der Waals surface area contributed by atoms with E-state index in [0.717, 1.165) is 57.8 Å². The molecule has 0 aromatic heterocycles. The first-order chi connectivity index (χ1) is 31.8. The molecule has 5 unspecified atom stereocenters. The van der Waals surface area contributed by atoms with Crippen molar-refractivity contribution in [3.8, 4) is 0 Å². The number of carbonyl (C=O) groups is 2. The maximum Gasteiger partial charge on any atom is 0.472 e. The summed E-state index contributed by atoms with van der Waals surface area (Å²) < 4.78 is 52.8. The Morgan fingerprint density at radius 2 is 0.773 bits per heavy atom. The van der Waals surface area contributed by atoms with Gasteiger partial charge in [0.05, 0.1) is 26.4 Å². The number of esters is 2. The fraction of sp³-hybridized carbons (Fsp3) is 0.592. The molecular weight excluding hydrogens is 890 g/mol. The minimum Gasteiger partial charge on any atom is -0.463 e. The molecule has 0 saturated heterocycles. The molecule has 5 N–H and O–H groups in total. The van der Waals surface area contributed by atoms with Gasteiger partial charge in [0, 0.05) is 12.8 Å². The summed E-state index contributed by atoms with van der Waals surface area (Å²) >= 11 is 0. The predicted octanol–water partition coefficient (Wildman–Crippen LogP) is 10.5. The Bertz CT molecular complexity index is 1600. The Morgan fingerprint density at radius 1 is 0.424 bits per heavy atom. The first-order valence-corrected chi connectivity index (χ1v) is 26.3. The van der Waals surface area contributed by atoms with Crippen LogP contribution in [-0.4, -0.2) is 95.0 Å². The minimum absolute atomic E-state index is 0.0941. The fourth-order valence-corrected chi connectivity index (χ4v) is 6.81. The quantitative estimate of drug-likeness (QED) is 0.0126. The highest BCUT2D eigenvalue weighted by atomic mass is 31.2. The summed E-state index contributed by atoms with van der Waals surface area (Å²) in [6, 6.07) is 0. The molecule has 0 aliphatic heterocycles. The summed E-state index contributed by atoms with van der Waals surface area (Å²) in [6.07, 6.45) is 48.1. The van der Waals surface area contributed by atoms with Gasteiger partial charge in [-0.1, -0.05) is 155 Å². The van der Waals surface area contributed by atoms with Gasteiger partial charge in [-0.2, -0.15) is 0 Å². The van der Waals surface area contributed by atoms with Crippen molar-refractivity contribution in [2.24, 2.45) is 0 Å². The summed E-state index contributed by atoms with van der Waals surface area (Å²) in [5.41, 5.74) is 0. The van der Waals surface area contributed by atoms with Crippen molar-refractivity contribution in [3.63, 3.8) is 0 Å². The maximum absolute atomic E-state index is 12.2. The first-order valence-electron chi connectivity index (χ1n) is 23.3. The molecule has 0 aromatic carbocycles.